The topological polar surface area (TPSA) is 109 Å². The highest BCUT2D eigenvalue weighted by Gasteiger charge is 2.32. The van der Waals surface area contributed by atoms with Crippen molar-refractivity contribution in [2.75, 3.05) is 12.3 Å². The number of benzene rings is 1. The molecule has 164 valence electrons. The first kappa shape index (κ1) is 21.3. The summed E-state index contributed by atoms with van der Waals surface area (Å²) >= 11 is 0. The van der Waals surface area contributed by atoms with Gasteiger partial charge >= 0.3 is 0 Å². The Kier molecular flexibility index (Phi) is 6.23. The molecule has 1 aromatic carbocycles. The summed E-state index contributed by atoms with van der Waals surface area (Å²) in [5.74, 6) is 0.612. The monoisotopic (exact) mass is 421 g/mol. The molecule has 0 bridgehead atoms. The fourth-order valence-corrected chi connectivity index (χ4v) is 4.53. The van der Waals surface area contributed by atoms with Crippen LogP contribution < -0.4 is 21.7 Å². The van der Waals surface area contributed by atoms with Crippen LogP contribution in [-0.2, 0) is 22.4 Å². The van der Waals surface area contributed by atoms with Gasteiger partial charge in [0.25, 0.3) is 0 Å². The van der Waals surface area contributed by atoms with Crippen molar-refractivity contribution in [1.29, 1.82) is 0 Å². The van der Waals surface area contributed by atoms with Gasteiger partial charge in [0.15, 0.2) is 0 Å². The van der Waals surface area contributed by atoms with Gasteiger partial charge in [-0.15, -0.1) is 0 Å². The Bertz CT molecular complexity index is 959. The lowest BCUT2D eigenvalue weighted by molar-refractivity contribution is -0.129. The molecule has 1 fully saturated rings. The quantitative estimate of drug-likeness (QED) is 0.569. The summed E-state index contributed by atoms with van der Waals surface area (Å²) < 4.78 is 0. The van der Waals surface area contributed by atoms with Crippen LogP contribution in [0.25, 0.3) is 0 Å². The number of carbonyl (C=O) groups is 2. The van der Waals surface area contributed by atoms with Gasteiger partial charge in [-0.05, 0) is 69.2 Å². The van der Waals surface area contributed by atoms with E-state index in [-0.39, 0.29) is 23.9 Å². The fourth-order valence-electron chi connectivity index (χ4n) is 4.53. The second-order valence-corrected chi connectivity index (χ2v) is 8.85. The number of nitrogens with zero attached hydrogens (tertiary/aromatic N) is 1. The third-order valence-corrected chi connectivity index (χ3v) is 6.33. The van der Waals surface area contributed by atoms with Crippen LogP contribution in [0.5, 0.6) is 0 Å². The highest BCUT2D eigenvalue weighted by Crippen LogP contribution is 2.30. The number of fused-ring (bicyclic) bond motifs is 1. The van der Waals surface area contributed by atoms with Crippen molar-refractivity contribution in [2.45, 2.75) is 57.7 Å². The minimum Gasteiger partial charge on any atom is -0.384 e. The van der Waals surface area contributed by atoms with Gasteiger partial charge in [0.05, 0.1) is 12.1 Å². The zero-order valence-corrected chi connectivity index (χ0v) is 18.2. The van der Waals surface area contributed by atoms with Gasteiger partial charge in [0.2, 0.25) is 11.8 Å². The molecule has 1 aliphatic carbocycles. The summed E-state index contributed by atoms with van der Waals surface area (Å²) in [5, 5.41) is 9.22. The molecule has 2 aromatic rings. The Morgan fingerprint density at radius 2 is 2.00 bits per heavy atom. The highest BCUT2D eigenvalue weighted by atomic mass is 16.2. The minimum atomic E-state index is -0.601. The number of pyridine rings is 1. The van der Waals surface area contributed by atoms with Crippen LogP contribution in [0, 0.1) is 12.8 Å². The van der Waals surface area contributed by atoms with Crippen molar-refractivity contribution in [3.05, 3.63) is 58.8 Å². The van der Waals surface area contributed by atoms with Crippen molar-refractivity contribution in [1.82, 2.24) is 20.9 Å². The summed E-state index contributed by atoms with van der Waals surface area (Å²) in [5.41, 5.74) is 10.2. The van der Waals surface area contributed by atoms with Crippen LogP contribution in [0.1, 0.15) is 48.2 Å². The Balaban J connectivity index is 1.26. The Labute approximate surface area is 183 Å². The summed E-state index contributed by atoms with van der Waals surface area (Å²) in [6, 6.07) is 11.3. The maximum atomic E-state index is 12.7. The van der Waals surface area contributed by atoms with Crippen LogP contribution in [0.15, 0.2) is 36.4 Å². The van der Waals surface area contributed by atoms with Crippen molar-refractivity contribution >= 4 is 17.6 Å². The van der Waals surface area contributed by atoms with Crippen LogP contribution in [0.3, 0.4) is 0 Å². The van der Waals surface area contributed by atoms with Gasteiger partial charge in [-0.2, -0.15) is 0 Å². The Morgan fingerprint density at radius 1 is 1.23 bits per heavy atom. The molecule has 4 rings (SSSR count). The average Bonchev–Trinajstić information content (AvgIpc) is 3.36. The average molecular weight is 422 g/mol. The van der Waals surface area contributed by atoms with E-state index in [1.165, 1.54) is 11.1 Å². The molecule has 31 heavy (non-hydrogen) atoms. The number of hydrogen-bond donors (Lipinski definition) is 4. The highest BCUT2D eigenvalue weighted by molar-refractivity contribution is 5.89. The third kappa shape index (κ3) is 5.05. The lowest BCUT2D eigenvalue weighted by Crippen LogP contribution is -2.50. The van der Waals surface area contributed by atoms with Crippen LogP contribution >= 0.6 is 0 Å². The lowest BCUT2D eigenvalue weighted by Gasteiger charge is -2.20. The maximum absolute atomic E-state index is 12.7. The molecule has 0 radical (unpaired) electrons. The predicted molar refractivity (Wildman–Crippen MR) is 120 cm³/mol. The van der Waals surface area contributed by atoms with Gasteiger partial charge in [-0.25, -0.2) is 4.98 Å². The molecule has 1 unspecified atom stereocenters. The van der Waals surface area contributed by atoms with E-state index in [1.54, 1.807) is 13.0 Å². The van der Waals surface area contributed by atoms with Gasteiger partial charge in [0, 0.05) is 5.69 Å². The molecular weight excluding hydrogens is 390 g/mol. The molecule has 4 atom stereocenters. The van der Waals surface area contributed by atoms with Gasteiger partial charge < -0.3 is 21.7 Å². The standard InChI is InChI=1S/C24H31N5O2/c1-14-3-5-16(6-4-14)11-17-12-21(26-13-17)24(31)27-15(2)23(30)29-20-9-8-19-18(20)7-10-22(25)28-19/h3-7,10,15,17,20-21,26H,8-9,11-13H2,1-2H3,(H2,25,28)(H,27,31)(H,29,30)/t15-,17-,20?,21+/m0/s1. The second-order valence-electron chi connectivity index (χ2n) is 8.85. The number of nitrogen functional groups attached to an aromatic ring is 1. The Hall–Kier alpha value is -2.93. The van der Waals surface area contributed by atoms with E-state index in [2.05, 4.69) is 52.1 Å². The number of hydrogen-bond acceptors (Lipinski definition) is 5. The molecule has 1 aliphatic heterocycles. The van der Waals surface area contributed by atoms with E-state index in [4.69, 9.17) is 5.73 Å². The first-order valence-corrected chi connectivity index (χ1v) is 11.0. The van der Waals surface area contributed by atoms with Crippen molar-refractivity contribution in [3.8, 4) is 0 Å². The van der Waals surface area contributed by atoms with Crippen LogP contribution in [0.4, 0.5) is 5.82 Å². The molecule has 2 heterocycles. The second kappa shape index (κ2) is 9.06. The zero-order chi connectivity index (χ0) is 22.0. The molecular formula is C24H31N5O2. The molecule has 0 saturated carbocycles. The molecule has 7 nitrogen and oxygen atoms in total. The number of carbonyl (C=O) groups excluding carboxylic acids is 2. The molecule has 1 aromatic heterocycles. The summed E-state index contributed by atoms with van der Waals surface area (Å²) in [6.07, 6.45) is 3.31. The Morgan fingerprint density at radius 3 is 2.77 bits per heavy atom. The molecule has 2 aliphatic rings. The smallest absolute Gasteiger partial charge is 0.242 e. The third-order valence-electron chi connectivity index (χ3n) is 6.33. The van der Waals surface area contributed by atoms with E-state index in [0.29, 0.717) is 11.7 Å². The van der Waals surface area contributed by atoms with Crippen LogP contribution in [-0.4, -0.2) is 35.4 Å². The molecule has 5 N–H and O–H groups in total. The number of anilines is 1. The van der Waals surface area contributed by atoms with Gasteiger partial charge in [-0.1, -0.05) is 35.9 Å². The maximum Gasteiger partial charge on any atom is 0.242 e. The van der Waals surface area contributed by atoms with Crippen LogP contribution in [0.2, 0.25) is 0 Å². The zero-order valence-electron chi connectivity index (χ0n) is 18.2. The number of nitrogens with two attached hydrogens (primary N) is 1. The SMILES string of the molecule is Cc1ccc(C[C@@H]2CN[C@@H](C(=O)N[C@@H](C)C(=O)NC3CCc4nc(N)ccc43)C2)cc1. The number of aryl methyl sites for hydroxylation is 2. The van der Waals surface area contributed by atoms with Gasteiger partial charge in [-0.3, -0.25) is 9.59 Å². The fraction of sp³-hybridized carbons (Fsp3) is 0.458. The molecule has 2 amide bonds. The first-order chi connectivity index (χ1) is 14.9. The van der Waals surface area contributed by atoms with E-state index in [9.17, 15) is 9.59 Å². The molecule has 1 saturated heterocycles. The van der Waals surface area contributed by atoms with Gasteiger partial charge in [0.1, 0.15) is 11.9 Å². The molecule has 0 spiro atoms. The first-order valence-electron chi connectivity index (χ1n) is 11.0. The number of amides is 2. The van der Waals surface area contributed by atoms with Crippen molar-refractivity contribution in [2.24, 2.45) is 5.92 Å². The van der Waals surface area contributed by atoms with E-state index in [0.717, 1.165) is 43.5 Å². The van der Waals surface area contributed by atoms with E-state index >= 15 is 0 Å². The number of nitrogens with one attached hydrogen (secondary N) is 3. The largest absolute Gasteiger partial charge is 0.384 e. The predicted octanol–water partition coefficient (Wildman–Crippen LogP) is 1.80. The summed E-state index contributed by atoms with van der Waals surface area (Å²) in [4.78, 5) is 29.7. The molecule has 7 heteroatoms. The number of rotatable bonds is 6. The van der Waals surface area contributed by atoms with E-state index < -0.39 is 6.04 Å². The van der Waals surface area contributed by atoms with Crippen molar-refractivity contribution in [3.63, 3.8) is 0 Å². The number of aromatic nitrogens is 1. The normalized spacial score (nSPS) is 23.2. The summed E-state index contributed by atoms with van der Waals surface area (Å²) in [7, 11) is 0. The lowest BCUT2D eigenvalue weighted by atomic mass is 9.96. The van der Waals surface area contributed by atoms with Crippen molar-refractivity contribution < 1.29 is 9.59 Å². The van der Waals surface area contributed by atoms with E-state index in [1.807, 2.05) is 6.07 Å². The minimum absolute atomic E-state index is 0.0848. The summed E-state index contributed by atoms with van der Waals surface area (Å²) in [6.45, 7) is 4.61.